The standard InChI is InChI=1S/C14H23NO3/c1-5-14(2,3)15(4)12(16)10-8-6-7-9-11(10)13(17)18/h6-7,10-11H,5,8-9H2,1-4H3,(H,17,18)/t10-,11+/m1/s1. The molecule has 0 spiro atoms. The number of carboxylic acids is 1. The zero-order chi connectivity index (χ0) is 13.9. The molecule has 1 aliphatic carbocycles. The zero-order valence-corrected chi connectivity index (χ0v) is 11.6. The minimum Gasteiger partial charge on any atom is -0.481 e. The summed E-state index contributed by atoms with van der Waals surface area (Å²) < 4.78 is 0. The van der Waals surface area contributed by atoms with E-state index in [0.29, 0.717) is 12.8 Å². The third-order valence-corrected chi connectivity index (χ3v) is 4.17. The number of nitrogens with zero attached hydrogens (tertiary/aromatic N) is 1. The number of hydrogen-bond donors (Lipinski definition) is 1. The number of rotatable bonds is 4. The first kappa shape index (κ1) is 14.7. The summed E-state index contributed by atoms with van der Waals surface area (Å²) in [5, 5.41) is 9.19. The van der Waals surface area contributed by atoms with Crippen LogP contribution in [0.3, 0.4) is 0 Å². The molecule has 4 nitrogen and oxygen atoms in total. The number of aliphatic carboxylic acids is 1. The van der Waals surface area contributed by atoms with Crippen molar-refractivity contribution in [1.29, 1.82) is 0 Å². The van der Waals surface area contributed by atoms with Gasteiger partial charge in [-0.25, -0.2) is 0 Å². The molecule has 0 unspecified atom stereocenters. The minimum absolute atomic E-state index is 0.0569. The van der Waals surface area contributed by atoms with Crippen molar-refractivity contribution in [3.05, 3.63) is 12.2 Å². The van der Waals surface area contributed by atoms with Gasteiger partial charge in [0.1, 0.15) is 0 Å². The van der Waals surface area contributed by atoms with E-state index in [1.54, 1.807) is 11.9 Å². The smallest absolute Gasteiger partial charge is 0.307 e. The molecule has 1 N–H and O–H groups in total. The Morgan fingerprint density at radius 3 is 2.22 bits per heavy atom. The Labute approximate surface area is 109 Å². The van der Waals surface area contributed by atoms with Gasteiger partial charge in [-0.05, 0) is 33.1 Å². The van der Waals surface area contributed by atoms with Crippen molar-refractivity contribution in [2.75, 3.05) is 7.05 Å². The number of hydrogen-bond acceptors (Lipinski definition) is 2. The van der Waals surface area contributed by atoms with Crippen LogP contribution in [0.4, 0.5) is 0 Å². The lowest BCUT2D eigenvalue weighted by atomic mass is 9.81. The SMILES string of the molecule is CCC(C)(C)N(C)C(=O)[C@@H]1CC=CC[C@@H]1C(=O)O. The van der Waals surface area contributed by atoms with Crippen molar-refractivity contribution in [2.45, 2.75) is 45.6 Å². The van der Waals surface area contributed by atoms with E-state index in [1.165, 1.54) is 0 Å². The topological polar surface area (TPSA) is 57.6 Å². The van der Waals surface area contributed by atoms with Gasteiger partial charge in [-0.1, -0.05) is 19.1 Å². The molecule has 102 valence electrons. The molecule has 0 saturated heterocycles. The van der Waals surface area contributed by atoms with Gasteiger partial charge in [-0.2, -0.15) is 0 Å². The van der Waals surface area contributed by atoms with Crippen molar-refractivity contribution in [2.24, 2.45) is 11.8 Å². The molecule has 0 bridgehead atoms. The number of allylic oxidation sites excluding steroid dienone is 2. The average Bonchev–Trinajstić information content (AvgIpc) is 2.36. The van der Waals surface area contributed by atoms with E-state index < -0.39 is 17.8 Å². The Balaban J connectivity index is 2.88. The molecule has 0 aromatic carbocycles. The second kappa shape index (κ2) is 5.55. The second-order valence-electron chi connectivity index (χ2n) is 5.56. The fraction of sp³-hybridized carbons (Fsp3) is 0.714. The molecule has 18 heavy (non-hydrogen) atoms. The highest BCUT2D eigenvalue weighted by molar-refractivity contribution is 5.85. The van der Waals surface area contributed by atoms with Crippen molar-refractivity contribution < 1.29 is 14.7 Å². The van der Waals surface area contributed by atoms with E-state index in [4.69, 9.17) is 0 Å². The van der Waals surface area contributed by atoms with Crippen molar-refractivity contribution in [3.8, 4) is 0 Å². The van der Waals surface area contributed by atoms with E-state index in [-0.39, 0.29) is 11.4 Å². The Morgan fingerprint density at radius 1 is 1.28 bits per heavy atom. The molecule has 0 aromatic heterocycles. The van der Waals surface area contributed by atoms with Crippen molar-refractivity contribution in [3.63, 3.8) is 0 Å². The van der Waals surface area contributed by atoms with E-state index in [2.05, 4.69) is 0 Å². The third-order valence-electron chi connectivity index (χ3n) is 4.17. The number of amides is 1. The summed E-state index contributed by atoms with van der Waals surface area (Å²) in [6.45, 7) is 6.03. The summed E-state index contributed by atoms with van der Waals surface area (Å²) in [4.78, 5) is 25.4. The fourth-order valence-electron chi connectivity index (χ4n) is 2.14. The highest BCUT2D eigenvalue weighted by atomic mass is 16.4. The summed E-state index contributed by atoms with van der Waals surface area (Å²) in [6.07, 6.45) is 5.59. The fourth-order valence-corrected chi connectivity index (χ4v) is 2.14. The van der Waals surface area contributed by atoms with Crippen LogP contribution in [0.1, 0.15) is 40.0 Å². The first-order chi connectivity index (χ1) is 8.31. The predicted octanol–water partition coefficient (Wildman–Crippen LogP) is 2.30. The quantitative estimate of drug-likeness (QED) is 0.782. The Kier molecular flexibility index (Phi) is 4.54. The maximum Gasteiger partial charge on any atom is 0.307 e. The first-order valence-electron chi connectivity index (χ1n) is 6.46. The predicted molar refractivity (Wildman–Crippen MR) is 70.1 cm³/mol. The van der Waals surface area contributed by atoms with Crippen LogP contribution in [-0.4, -0.2) is 34.5 Å². The molecule has 0 heterocycles. The Bertz CT molecular complexity index is 360. The van der Waals surface area contributed by atoms with Gasteiger partial charge >= 0.3 is 5.97 Å². The van der Waals surface area contributed by atoms with Gasteiger partial charge in [0.15, 0.2) is 0 Å². The lowest BCUT2D eigenvalue weighted by molar-refractivity contribution is -0.152. The molecule has 1 aliphatic rings. The van der Waals surface area contributed by atoms with Gasteiger partial charge in [-0.3, -0.25) is 9.59 Å². The van der Waals surface area contributed by atoms with Gasteiger partial charge in [0, 0.05) is 12.6 Å². The monoisotopic (exact) mass is 253 g/mol. The Hall–Kier alpha value is -1.32. The molecule has 2 atom stereocenters. The summed E-state index contributed by atoms with van der Waals surface area (Å²) in [6, 6.07) is 0. The van der Waals surface area contributed by atoms with E-state index >= 15 is 0 Å². The van der Waals surface area contributed by atoms with Crippen LogP contribution in [0.5, 0.6) is 0 Å². The van der Waals surface area contributed by atoms with Crippen LogP contribution < -0.4 is 0 Å². The summed E-state index contributed by atoms with van der Waals surface area (Å²) in [5.41, 5.74) is -0.235. The molecule has 4 heteroatoms. The molecule has 0 saturated carbocycles. The highest BCUT2D eigenvalue weighted by Crippen LogP contribution is 2.30. The largest absolute Gasteiger partial charge is 0.481 e. The van der Waals surface area contributed by atoms with Crippen LogP contribution in [0.25, 0.3) is 0 Å². The van der Waals surface area contributed by atoms with Crippen LogP contribution in [0, 0.1) is 11.8 Å². The first-order valence-corrected chi connectivity index (χ1v) is 6.46. The normalized spacial score (nSPS) is 23.8. The van der Waals surface area contributed by atoms with Gasteiger partial charge in [0.2, 0.25) is 5.91 Å². The molecule has 0 fully saturated rings. The zero-order valence-electron chi connectivity index (χ0n) is 11.6. The van der Waals surface area contributed by atoms with Gasteiger partial charge < -0.3 is 10.0 Å². The van der Waals surface area contributed by atoms with Crippen LogP contribution in [0.15, 0.2) is 12.2 Å². The molecule has 1 rings (SSSR count). The van der Waals surface area contributed by atoms with Gasteiger partial charge in [0.25, 0.3) is 0 Å². The Morgan fingerprint density at radius 2 is 1.78 bits per heavy atom. The van der Waals surface area contributed by atoms with E-state index in [0.717, 1.165) is 6.42 Å². The lowest BCUT2D eigenvalue weighted by Gasteiger charge is -2.38. The average molecular weight is 253 g/mol. The summed E-state index contributed by atoms with van der Waals surface area (Å²) in [7, 11) is 1.77. The van der Waals surface area contributed by atoms with E-state index in [1.807, 2.05) is 32.9 Å². The van der Waals surface area contributed by atoms with Crippen LogP contribution in [-0.2, 0) is 9.59 Å². The maximum absolute atomic E-state index is 12.4. The maximum atomic E-state index is 12.4. The molecular weight excluding hydrogens is 230 g/mol. The molecular formula is C14H23NO3. The molecule has 0 aromatic rings. The third kappa shape index (κ3) is 2.92. The molecule has 0 radical (unpaired) electrons. The minimum atomic E-state index is -0.875. The van der Waals surface area contributed by atoms with E-state index in [9.17, 15) is 14.7 Å². The van der Waals surface area contributed by atoms with Crippen molar-refractivity contribution >= 4 is 11.9 Å². The van der Waals surface area contributed by atoms with Crippen LogP contribution >= 0.6 is 0 Å². The number of carbonyl (C=O) groups is 2. The van der Waals surface area contributed by atoms with Gasteiger partial charge in [0.05, 0.1) is 11.8 Å². The summed E-state index contributed by atoms with van der Waals surface area (Å²) >= 11 is 0. The van der Waals surface area contributed by atoms with Gasteiger partial charge in [-0.15, -0.1) is 0 Å². The number of carbonyl (C=O) groups excluding carboxylic acids is 1. The number of carboxylic acid groups (broad SMARTS) is 1. The lowest BCUT2D eigenvalue weighted by Crippen LogP contribution is -2.49. The second-order valence-corrected chi connectivity index (χ2v) is 5.56. The van der Waals surface area contributed by atoms with Crippen molar-refractivity contribution in [1.82, 2.24) is 4.90 Å². The molecule has 0 aliphatic heterocycles. The molecule has 1 amide bonds. The highest BCUT2D eigenvalue weighted by Gasteiger charge is 2.38. The summed E-state index contributed by atoms with van der Waals surface area (Å²) in [5.74, 6) is -1.94. The van der Waals surface area contributed by atoms with Crippen LogP contribution in [0.2, 0.25) is 0 Å².